The third kappa shape index (κ3) is 2.69. The van der Waals surface area contributed by atoms with E-state index in [1.165, 1.54) is 13.1 Å². The maximum atomic E-state index is 13.6. The van der Waals surface area contributed by atoms with E-state index in [0.29, 0.717) is 0 Å². The Kier molecular flexibility index (Phi) is 3.58. The lowest BCUT2D eigenvalue weighted by Crippen LogP contribution is -2.21. The lowest BCUT2D eigenvalue weighted by atomic mass is 10.2. The number of benzene rings is 1. The van der Waals surface area contributed by atoms with E-state index in [2.05, 4.69) is 4.98 Å². The summed E-state index contributed by atoms with van der Waals surface area (Å²) >= 11 is 0. The molecule has 0 aliphatic carbocycles. The molecule has 0 saturated carbocycles. The molecule has 5 nitrogen and oxygen atoms in total. The van der Waals surface area contributed by atoms with E-state index in [0.717, 1.165) is 24.4 Å². The molecule has 2 rings (SSSR count). The summed E-state index contributed by atoms with van der Waals surface area (Å²) in [5.41, 5.74) is -1.27. The number of aromatic nitrogens is 1. The molecule has 0 unspecified atom stereocenters. The molecule has 1 aromatic heterocycles. The lowest BCUT2D eigenvalue weighted by molar-refractivity contribution is 0.590. The third-order valence-electron chi connectivity index (χ3n) is 2.57. The van der Waals surface area contributed by atoms with Crippen LogP contribution in [0.1, 0.15) is 5.56 Å². The number of hydrogen-bond acceptors (Lipinski definition) is 3. The molecule has 0 bridgehead atoms. The molecule has 106 valence electrons. The highest BCUT2D eigenvalue weighted by molar-refractivity contribution is 7.92. The second-order valence-electron chi connectivity index (χ2n) is 4.06. The van der Waals surface area contributed by atoms with Crippen LogP contribution in [0.15, 0.2) is 40.3 Å². The van der Waals surface area contributed by atoms with E-state index in [1.54, 1.807) is 0 Å². The first-order valence-electron chi connectivity index (χ1n) is 5.47. The van der Waals surface area contributed by atoms with Crippen molar-refractivity contribution < 1.29 is 17.2 Å². The highest BCUT2D eigenvalue weighted by Crippen LogP contribution is 2.21. The van der Waals surface area contributed by atoms with Crippen LogP contribution in [0.5, 0.6) is 0 Å². The highest BCUT2D eigenvalue weighted by Gasteiger charge is 2.20. The first kappa shape index (κ1) is 14.2. The van der Waals surface area contributed by atoms with E-state index in [4.69, 9.17) is 0 Å². The summed E-state index contributed by atoms with van der Waals surface area (Å²) in [7, 11) is -4.30. The Morgan fingerprint density at radius 1 is 1.20 bits per heavy atom. The molecule has 0 fully saturated rings. The second-order valence-corrected chi connectivity index (χ2v) is 5.71. The fourth-order valence-electron chi connectivity index (χ4n) is 1.54. The van der Waals surface area contributed by atoms with E-state index in [1.807, 2.05) is 4.72 Å². The molecule has 0 aliphatic heterocycles. The Bertz CT molecular complexity index is 816. The van der Waals surface area contributed by atoms with E-state index < -0.39 is 37.7 Å². The summed E-state index contributed by atoms with van der Waals surface area (Å²) in [6, 6.07) is 2.60. The van der Waals surface area contributed by atoms with Crippen molar-refractivity contribution in [1.82, 2.24) is 4.98 Å². The molecule has 20 heavy (non-hydrogen) atoms. The van der Waals surface area contributed by atoms with Crippen molar-refractivity contribution in [2.75, 3.05) is 4.72 Å². The average Bonchev–Trinajstić information content (AvgIpc) is 2.36. The van der Waals surface area contributed by atoms with Crippen molar-refractivity contribution in [3.8, 4) is 0 Å². The van der Waals surface area contributed by atoms with Gasteiger partial charge in [-0.05, 0) is 18.6 Å². The summed E-state index contributed by atoms with van der Waals surface area (Å²) in [6.45, 7) is 1.35. The van der Waals surface area contributed by atoms with Gasteiger partial charge in [-0.15, -0.1) is 0 Å². The predicted octanol–water partition coefficient (Wildman–Crippen LogP) is 1.76. The Morgan fingerprint density at radius 2 is 1.90 bits per heavy atom. The fourth-order valence-corrected chi connectivity index (χ4v) is 2.65. The summed E-state index contributed by atoms with van der Waals surface area (Å²) < 4.78 is 52.7. The molecule has 2 aromatic rings. The molecular weight excluding hydrogens is 290 g/mol. The van der Waals surface area contributed by atoms with Gasteiger partial charge in [0.2, 0.25) is 5.43 Å². The number of anilines is 1. The molecule has 0 radical (unpaired) electrons. The van der Waals surface area contributed by atoms with E-state index in [9.17, 15) is 22.0 Å². The number of aryl methyl sites for hydroxylation is 1. The van der Waals surface area contributed by atoms with Crippen LogP contribution in [0.25, 0.3) is 0 Å². The molecule has 8 heteroatoms. The molecule has 0 spiro atoms. The first-order chi connectivity index (χ1) is 9.31. The minimum absolute atomic E-state index is 0.0445. The Labute approximate surface area is 113 Å². The Morgan fingerprint density at radius 3 is 2.55 bits per heavy atom. The van der Waals surface area contributed by atoms with Crippen molar-refractivity contribution in [1.29, 1.82) is 0 Å². The van der Waals surface area contributed by atoms with E-state index >= 15 is 0 Å². The second kappa shape index (κ2) is 5.04. The van der Waals surface area contributed by atoms with Gasteiger partial charge in [-0.25, -0.2) is 17.2 Å². The number of sulfonamides is 1. The monoisotopic (exact) mass is 300 g/mol. The van der Waals surface area contributed by atoms with Crippen molar-refractivity contribution in [3.63, 3.8) is 0 Å². The largest absolute Gasteiger partial charge is 0.366 e. The van der Waals surface area contributed by atoms with Crippen molar-refractivity contribution in [2.24, 2.45) is 0 Å². The molecule has 1 heterocycles. The standard InChI is InChI=1S/C12H10F2N2O3S/c1-7-4-9(14)10(5-8(7)13)16-20(18,19)12-6-15-3-2-11(12)17/h2-6,16H,1H3,(H,15,17). The van der Waals surface area contributed by atoms with Gasteiger partial charge in [0.05, 0.1) is 5.69 Å². The van der Waals surface area contributed by atoms with E-state index in [-0.39, 0.29) is 5.56 Å². The SMILES string of the molecule is Cc1cc(F)c(NS(=O)(=O)c2c[nH]ccc2=O)cc1F. The number of hydrogen-bond donors (Lipinski definition) is 2. The minimum atomic E-state index is -4.30. The van der Waals surface area contributed by atoms with Crippen LogP contribution < -0.4 is 10.2 Å². The van der Waals surface area contributed by atoms with Crippen molar-refractivity contribution in [2.45, 2.75) is 11.8 Å². The number of rotatable bonds is 3. The van der Waals surface area contributed by atoms with Crippen LogP contribution in [0, 0.1) is 18.6 Å². The van der Waals surface area contributed by atoms with Gasteiger partial charge in [-0.1, -0.05) is 0 Å². The molecular formula is C12H10F2N2O3S. The Balaban J connectivity index is 2.47. The zero-order valence-electron chi connectivity index (χ0n) is 10.3. The number of nitrogens with one attached hydrogen (secondary N) is 2. The molecule has 2 N–H and O–H groups in total. The van der Waals surface area contributed by atoms with Crippen LogP contribution in [0.4, 0.5) is 14.5 Å². The van der Waals surface area contributed by atoms with Gasteiger partial charge in [-0.3, -0.25) is 9.52 Å². The zero-order chi connectivity index (χ0) is 14.9. The van der Waals surface area contributed by atoms with Gasteiger partial charge < -0.3 is 4.98 Å². The Hall–Kier alpha value is -2.22. The van der Waals surface area contributed by atoms with Crippen LogP contribution in [0.3, 0.4) is 0 Å². The van der Waals surface area contributed by atoms with Gasteiger partial charge in [0.1, 0.15) is 11.6 Å². The minimum Gasteiger partial charge on any atom is -0.366 e. The number of pyridine rings is 1. The van der Waals surface area contributed by atoms with Gasteiger partial charge in [0, 0.05) is 24.5 Å². The maximum absolute atomic E-state index is 13.6. The third-order valence-corrected chi connectivity index (χ3v) is 3.96. The molecule has 0 saturated heterocycles. The van der Waals surface area contributed by atoms with Crippen LogP contribution in [0.2, 0.25) is 0 Å². The van der Waals surface area contributed by atoms with Crippen molar-refractivity contribution in [3.05, 3.63) is 58.0 Å². The molecule has 1 aromatic carbocycles. The fraction of sp³-hybridized carbons (Fsp3) is 0.0833. The van der Waals surface area contributed by atoms with Gasteiger partial charge in [-0.2, -0.15) is 0 Å². The van der Waals surface area contributed by atoms with Crippen LogP contribution >= 0.6 is 0 Å². The van der Waals surface area contributed by atoms with Gasteiger partial charge in [0.25, 0.3) is 10.0 Å². The highest BCUT2D eigenvalue weighted by atomic mass is 32.2. The summed E-state index contributed by atoms with van der Waals surface area (Å²) in [5, 5.41) is 0. The molecule has 0 atom stereocenters. The first-order valence-corrected chi connectivity index (χ1v) is 6.95. The molecule has 0 aliphatic rings. The quantitative estimate of drug-likeness (QED) is 0.906. The summed E-state index contributed by atoms with van der Waals surface area (Å²) in [5.74, 6) is -1.69. The number of H-pyrrole nitrogens is 1. The summed E-state index contributed by atoms with van der Waals surface area (Å²) in [6.07, 6.45) is 2.22. The number of aromatic amines is 1. The topological polar surface area (TPSA) is 79.0 Å². The van der Waals surface area contributed by atoms with Gasteiger partial charge >= 0.3 is 0 Å². The maximum Gasteiger partial charge on any atom is 0.267 e. The smallest absolute Gasteiger partial charge is 0.267 e. The summed E-state index contributed by atoms with van der Waals surface area (Å²) in [4.78, 5) is 13.3. The molecule has 0 amide bonds. The number of halogens is 2. The normalized spacial score (nSPS) is 11.3. The van der Waals surface area contributed by atoms with Crippen LogP contribution in [-0.4, -0.2) is 13.4 Å². The average molecular weight is 300 g/mol. The zero-order valence-corrected chi connectivity index (χ0v) is 11.1. The predicted molar refractivity (Wildman–Crippen MR) is 69.0 cm³/mol. The lowest BCUT2D eigenvalue weighted by Gasteiger charge is -2.09. The van der Waals surface area contributed by atoms with Gasteiger partial charge in [0.15, 0.2) is 4.90 Å². The van der Waals surface area contributed by atoms with Crippen molar-refractivity contribution >= 4 is 15.7 Å². The van der Waals surface area contributed by atoms with Crippen LogP contribution in [-0.2, 0) is 10.0 Å².